The van der Waals surface area contributed by atoms with Crippen LogP contribution in [0, 0.1) is 6.92 Å². The van der Waals surface area contributed by atoms with Gasteiger partial charge in [0.25, 0.3) is 0 Å². The smallest absolute Gasteiger partial charge is 0.105 e. The van der Waals surface area contributed by atoms with Crippen LogP contribution in [0.1, 0.15) is 22.4 Å². The molecule has 0 fully saturated rings. The van der Waals surface area contributed by atoms with Crippen molar-refractivity contribution in [3.63, 3.8) is 0 Å². The molecule has 15 heavy (non-hydrogen) atoms. The molecule has 2 aromatic heterocycles. The first-order valence-electron chi connectivity index (χ1n) is 4.85. The van der Waals surface area contributed by atoms with Crippen molar-refractivity contribution in [2.45, 2.75) is 18.7 Å². The Hall–Kier alpha value is -1.28. The molecule has 3 heteroatoms. The van der Waals surface area contributed by atoms with Gasteiger partial charge >= 0.3 is 0 Å². The molecule has 0 aliphatic carbocycles. The molecule has 0 aliphatic rings. The predicted octanol–water partition coefficient (Wildman–Crippen LogP) is 3.51. The summed E-state index contributed by atoms with van der Waals surface area (Å²) in [5, 5.41) is -0.0707. The predicted molar refractivity (Wildman–Crippen MR) is 60.0 cm³/mol. The lowest BCUT2D eigenvalue weighted by molar-refractivity contribution is 0.529. The van der Waals surface area contributed by atoms with E-state index in [2.05, 4.69) is 4.98 Å². The van der Waals surface area contributed by atoms with Gasteiger partial charge in [-0.3, -0.25) is 4.98 Å². The Morgan fingerprint density at radius 3 is 2.87 bits per heavy atom. The van der Waals surface area contributed by atoms with Crippen molar-refractivity contribution >= 4 is 11.6 Å². The van der Waals surface area contributed by atoms with Crippen LogP contribution in [0.3, 0.4) is 0 Å². The van der Waals surface area contributed by atoms with Crippen molar-refractivity contribution in [1.82, 2.24) is 4.98 Å². The fraction of sp³-hybridized carbons (Fsp3) is 0.250. The van der Waals surface area contributed by atoms with E-state index >= 15 is 0 Å². The fourth-order valence-electron chi connectivity index (χ4n) is 1.53. The zero-order valence-electron chi connectivity index (χ0n) is 8.48. The molecule has 2 nitrogen and oxygen atoms in total. The van der Waals surface area contributed by atoms with Gasteiger partial charge in [0.15, 0.2) is 0 Å². The van der Waals surface area contributed by atoms with Crippen LogP contribution in [0.15, 0.2) is 41.1 Å². The van der Waals surface area contributed by atoms with Crippen LogP contribution in [0.5, 0.6) is 0 Å². The summed E-state index contributed by atoms with van der Waals surface area (Å²) in [6, 6.07) is 7.75. The Kier molecular flexibility index (Phi) is 3.07. The molecule has 0 amide bonds. The van der Waals surface area contributed by atoms with E-state index in [0.29, 0.717) is 0 Å². The summed E-state index contributed by atoms with van der Waals surface area (Å²) in [7, 11) is 0. The largest absolute Gasteiger partial charge is 0.469 e. The lowest BCUT2D eigenvalue weighted by Gasteiger charge is -2.07. The molecule has 0 aliphatic heterocycles. The molecule has 0 N–H and O–H groups in total. The molecule has 0 bridgehead atoms. The van der Waals surface area contributed by atoms with Gasteiger partial charge in [-0.1, -0.05) is 6.07 Å². The fourth-order valence-corrected chi connectivity index (χ4v) is 1.92. The van der Waals surface area contributed by atoms with Gasteiger partial charge in [0.05, 0.1) is 11.6 Å². The summed E-state index contributed by atoms with van der Waals surface area (Å²) < 4.78 is 5.22. The molecule has 2 rings (SSSR count). The van der Waals surface area contributed by atoms with Crippen LogP contribution in [0.25, 0.3) is 0 Å². The Balaban J connectivity index is 2.11. The minimum absolute atomic E-state index is 0.0707. The zero-order valence-corrected chi connectivity index (χ0v) is 9.24. The van der Waals surface area contributed by atoms with Crippen molar-refractivity contribution in [1.29, 1.82) is 0 Å². The lowest BCUT2D eigenvalue weighted by Crippen LogP contribution is -1.97. The number of rotatable bonds is 3. The van der Waals surface area contributed by atoms with Gasteiger partial charge < -0.3 is 4.42 Å². The highest BCUT2D eigenvalue weighted by molar-refractivity contribution is 6.21. The molecule has 0 saturated heterocycles. The van der Waals surface area contributed by atoms with Crippen LogP contribution in [0.2, 0.25) is 0 Å². The number of hydrogen-bond donors (Lipinski definition) is 0. The van der Waals surface area contributed by atoms with E-state index in [1.165, 1.54) is 0 Å². The van der Waals surface area contributed by atoms with Gasteiger partial charge in [0.1, 0.15) is 5.76 Å². The quantitative estimate of drug-likeness (QED) is 0.742. The molecule has 2 heterocycles. The van der Waals surface area contributed by atoms with Gasteiger partial charge in [-0.05, 0) is 25.1 Å². The van der Waals surface area contributed by atoms with Gasteiger partial charge in [-0.25, -0.2) is 0 Å². The molecule has 0 radical (unpaired) electrons. The van der Waals surface area contributed by atoms with E-state index in [9.17, 15) is 0 Å². The summed E-state index contributed by atoms with van der Waals surface area (Å²) in [5.41, 5.74) is 2.04. The molecule has 1 atom stereocenters. The van der Waals surface area contributed by atoms with E-state index in [1.807, 2.05) is 31.2 Å². The van der Waals surface area contributed by atoms with Gasteiger partial charge in [0.2, 0.25) is 0 Å². The highest BCUT2D eigenvalue weighted by Crippen LogP contribution is 2.27. The first kappa shape index (κ1) is 10.2. The van der Waals surface area contributed by atoms with Crippen LogP contribution < -0.4 is 0 Å². The molecule has 78 valence electrons. The lowest BCUT2D eigenvalue weighted by atomic mass is 10.1. The van der Waals surface area contributed by atoms with Crippen molar-refractivity contribution in [2.24, 2.45) is 0 Å². The molecular formula is C12H12ClNO. The number of aromatic nitrogens is 1. The third-order valence-electron chi connectivity index (χ3n) is 2.35. The highest BCUT2D eigenvalue weighted by atomic mass is 35.5. The standard InChI is InChI=1S/C12H12ClNO/c1-9-11(5-7-15-9)12(13)8-10-4-2-3-6-14-10/h2-7,12H,8H2,1H3. The minimum Gasteiger partial charge on any atom is -0.469 e. The second-order valence-corrected chi connectivity index (χ2v) is 3.95. The maximum absolute atomic E-state index is 6.29. The second kappa shape index (κ2) is 4.49. The number of halogens is 1. The van der Waals surface area contributed by atoms with Crippen molar-refractivity contribution in [2.75, 3.05) is 0 Å². The van der Waals surface area contributed by atoms with Gasteiger partial charge in [-0.15, -0.1) is 11.6 Å². The monoisotopic (exact) mass is 221 g/mol. The number of furan rings is 1. The zero-order chi connectivity index (χ0) is 10.7. The molecule has 0 spiro atoms. The Morgan fingerprint density at radius 1 is 1.40 bits per heavy atom. The van der Waals surface area contributed by atoms with Crippen molar-refractivity contribution < 1.29 is 4.42 Å². The topological polar surface area (TPSA) is 26.0 Å². The van der Waals surface area contributed by atoms with E-state index in [-0.39, 0.29) is 5.38 Å². The molecule has 1 unspecified atom stereocenters. The second-order valence-electron chi connectivity index (χ2n) is 3.42. The summed E-state index contributed by atoms with van der Waals surface area (Å²) in [6.45, 7) is 1.92. The highest BCUT2D eigenvalue weighted by Gasteiger charge is 2.13. The first-order valence-corrected chi connectivity index (χ1v) is 5.29. The number of pyridine rings is 1. The Bertz CT molecular complexity index is 424. The van der Waals surface area contributed by atoms with E-state index in [1.54, 1.807) is 12.5 Å². The molecule has 0 saturated carbocycles. The van der Waals surface area contributed by atoms with Crippen molar-refractivity contribution in [3.8, 4) is 0 Å². The van der Waals surface area contributed by atoms with E-state index in [4.69, 9.17) is 16.0 Å². The number of nitrogens with zero attached hydrogens (tertiary/aromatic N) is 1. The number of aryl methyl sites for hydroxylation is 1. The van der Waals surface area contributed by atoms with Crippen LogP contribution in [0.4, 0.5) is 0 Å². The van der Waals surface area contributed by atoms with E-state index < -0.39 is 0 Å². The summed E-state index contributed by atoms with van der Waals surface area (Å²) in [4.78, 5) is 4.24. The van der Waals surface area contributed by atoms with Crippen LogP contribution in [-0.4, -0.2) is 4.98 Å². The number of alkyl halides is 1. The molecule has 2 aromatic rings. The average molecular weight is 222 g/mol. The summed E-state index contributed by atoms with van der Waals surface area (Å²) in [6.07, 6.45) is 4.17. The van der Waals surface area contributed by atoms with E-state index in [0.717, 1.165) is 23.4 Å². The normalized spacial score (nSPS) is 12.7. The third-order valence-corrected chi connectivity index (χ3v) is 2.74. The molecular weight excluding hydrogens is 210 g/mol. The number of hydrogen-bond acceptors (Lipinski definition) is 2. The maximum atomic E-state index is 6.29. The van der Waals surface area contributed by atoms with Crippen molar-refractivity contribution in [3.05, 3.63) is 53.7 Å². The average Bonchev–Trinajstić information content (AvgIpc) is 2.66. The Morgan fingerprint density at radius 2 is 2.27 bits per heavy atom. The van der Waals surface area contributed by atoms with Crippen LogP contribution >= 0.6 is 11.6 Å². The minimum atomic E-state index is -0.0707. The first-order chi connectivity index (χ1) is 7.27. The molecule has 0 aromatic carbocycles. The summed E-state index contributed by atoms with van der Waals surface area (Å²) >= 11 is 6.29. The SMILES string of the molecule is Cc1occc1C(Cl)Cc1ccccn1. The van der Waals surface area contributed by atoms with Crippen LogP contribution in [-0.2, 0) is 6.42 Å². The van der Waals surface area contributed by atoms with Gasteiger partial charge in [-0.2, -0.15) is 0 Å². The third kappa shape index (κ3) is 2.39. The summed E-state index contributed by atoms with van der Waals surface area (Å²) in [5.74, 6) is 0.880. The Labute approximate surface area is 93.9 Å². The van der Waals surface area contributed by atoms with Gasteiger partial charge in [0, 0.05) is 23.9 Å². The maximum Gasteiger partial charge on any atom is 0.105 e.